The van der Waals surface area contributed by atoms with E-state index < -0.39 is 17.6 Å². The predicted molar refractivity (Wildman–Crippen MR) is 112 cm³/mol. The number of anilines is 1. The van der Waals surface area contributed by atoms with Gasteiger partial charge in [0, 0.05) is 24.3 Å². The second-order valence-electron chi connectivity index (χ2n) is 7.52. The highest BCUT2D eigenvalue weighted by atomic mass is 16.5. The molecule has 7 heteroatoms. The van der Waals surface area contributed by atoms with E-state index in [9.17, 15) is 14.4 Å². The summed E-state index contributed by atoms with van der Waals surface area (Å²) >= 11 is 0. The molecule has 1 aliphatic rings. The SMILES string of the molecule is Cc1[nH]c(=O)c(C#N)c(C)c1CCC(=O)O[C@@H](C)C(=O)N1CCCc2ccccc21. The van der Waals surface area contributed by atoms with Crippen molar-refractivity contribution >= 4 is 17.6 Å². The van der Waals surface area contributed by atoms with E-state index in [1.54, 1.807) is 25.7 Å². The molecule has 0 bridgehead atoms. The number of fused-ring (bicyclic) bond motifs is 1. The van der Waals surface area contributed by atoms with E-state index in [0.29, 0.717) is 24.2 Å². The highest BCUT2D eigenvalue weighted by Crippen LogP contribution is 2.27. The second-order valence-corrected chi connectivity index (χ2v) is 7.52. The highest BCUT2D eigenvalue weighted by Gasteiger charge is 2.28. The van der Waals surface area contributed by atoms with E-state index in [1.165, 1.54) is 0 Å². The molecule has 156 valence electrons. The zero-order valence-corrected chi connectivity index (χ0v) is 17.4. The number of carbonyl (C=O) groups excluding carboxylic acids is 2. The first-order valence-corrected chi connectivity index (χ1v) is 10.0. The maximum Gasteiger partial charge on any atom is 0.306 e. The minimum Gasteiger partial charge on any atom is -0.453 e. The van der Waals surface area contributed by atoms with Crippen molar-refractivity contribution in [2.24, 2.45) is 0 Å². The van der Waals surface area contributed by atoms with Crippen LogP contribution < -0.4 is 10.5 Å². The molecule has 0 fully saturated rings. The average Bonchev–Trinajstić information content (AvgIpc) is 2.72. The Balaban J connectivity index is 1.64. The lowest BCUT2D eigenvalue weighted by Crippen LogP contribution is -2.42. The summed E-state index contributed by atoms with van der Waals surface area (Å²) in [5.41, 5.74) is 3.55. The quantitative estimate of drug-likeness (QED) is 0.768. The number of hydrogen-bond acceptors (Lipinski definition) is 5. The Morgan fingerprint density at radius 1 is 1.30 bits per heavy atom. The Morgan fingerprint density at radius 3 is 2.77 bits per heavy atom. The third kappa shape index (κ3) is 4.28. The van der Waals surface area contributed by atoms with E-state index in [0.717, 1.165) is 29.7 Å². The van der Waals surface area contributed by atoms with Crippen molar-refractivity contribution in [1.29, 1.82) is 5.26 Å². The van der Waals surface area contributed by atoms with Gasteiger partial charge in [0.2, 0.25) is 0 Å². The summed E-state index contributed by atoms with van der Waals surface area (Å²) in [5, 5.41) is 9.16. The number of para-hydroxylation sites is 1. The number of nitriles is 1. The molecule has 1 aromatic carbocycles. The maximum absolute atomic E-state index is 12.9. The average molecular weight is 407 g/mol. The van der Waals surface area contributed by atoms with Crippen LogP contribution in [-0.4, -0.2) is 29.5 Å². The smallest absolute Gasteiger partial charge is 0.306 e. The summed E-state index contributed by atoms with van der Waals surface area (Å²) in [6.45, 7) is 5.61. The topological polar surface area (TPSA) is 103 Å². The largest absolute Gasteiger partial charge is 0.453 e. The first kappa shape index (κ1) is 21.3. The first-order valence-electron chi connectivity index (χ1n) is 10.0. The molecule has 1 N–H and O–H groups in total. The summed E-state index contributed by atoms with van der Waals surface area (Å²) in [7, 11) is 0. The third-order valence-corrected chi connectivity index (χ3v) is 5.53. The number of esters is 1. The molecule has 1 amide bonds. The zero-order valence-electron chi connectivity index (χ0n) is 17.4. The fraction of sp³-hybridized carbons (Fsp3) is 0.391. The predicted octanol–water partition coefficient (Wildman–Crippen LogP) is 2.71. The van der Waals surface area contributed by atoms with Crippen LogP contribution in [0.5, 0.6) is 0 Å². The van der Waals surface area contributed by atoms with Gasteiger partial charge in [-0.1, -0.05) is 18.2 Å². The van der Waals surface area contributed by atoms with Gasteiger partial charge in [0.15, 0.2) is 6.10 Å². The molecular weight excluding hydrogens is 382 g/mol. The number of pyridine rings is 1. The molecule has 30 heavy (non-hydrogen) atoms. The number of amides is 1. The van der Waals surface area contributed by atoms with Gasteiger partial charge >= 0.3 is 5.97 Å². The molecule has 0 saturated carbocycles. The number of ether oxygens (including phenoxy) is 1. The molecule has 2 aromatic rings. The van der Waals surface area contributed by atoms with Gasteiger partial charge in [-0.15, -0.1) is 0 Å². The van der Waals surface area contributed by atoms with Gasteiger partial charge in [-0.25, -0.2) is 0 Å². The van der Waals surface area contributed by atoms with Crippen LogP contribution in [0.2, 0.25) is 0 Å². The van der Waals surface area contributed by atoms with E-state index in [2.05, 4.69) is 4.98 Å². The van der Waals surface area contributed by atoms with Crippen molar-refractivity contribution in [2.75, 3.05) is 11.4 Å². The van der Waals surface area contributed by atoms with Crippen LogP contribution in [0.3, 0.4) is 0 Å². The molecule has 1 aromatic heterocycles. The summed E-state index contributed by atoms with van der Waals surface area (Å²) < 4.78 is 5.40. The van der Waals surface area contributed by atoms with Crippen molar-refractivity contribution in [3.63, 3.8) is 0 Å². The lowest BCUT2D eigenvalue weighted by molar-refractivity contribution is -0.153. The molecule has 2 heterocycles. The lowest BCUT2D eigenvalue weighted by Gasteiger charge is -2.31. The summed E-state index contributed by atoms with van der Waals surface area (Å²) in [5.74, 6) is -0.733. The molecule has 0 radical (unpaired) electrons. The number of nitrogens with one attached hydrogen (secondary N) is 1. The van der Waals surface area contributed by atoms with Crippen LogP contribution in [-0.2, 0) is 27.2 Å². The first-order chi connectivity index (χ1) is 14.3. The Hall–Kier alpha value is -3.40. The monoisotopic (exact) mass is 407 g/mol. The van der Waals surface area contributed by atoms with Gasteiger partial charge < -0.3 is 14.6 Å². The Labute approximate surface area is 175 Å². The van der Waals surface area contributed by atoms with Crippen LogP contribution in [0.1, 0.15) is 47.7 Å². The molecule has 7 nitrogen and oxygen atoms in total. The number of carbonyl (C=O) groups is 2. The Morgan fingerprint density at radius 2 is 2.03 bits per heavy atom. The van der Waals surface area contributed by atoms with Gasteiger partial charge in [0.1, 0.15) is 11.6 Å². The fourth-order valence-electron chi connectivity index (χ4n) is 3.94. The summed E-state index contributed by atoms with van der Waals surface area (Å²) in [6, 6.07) is 9.67. The van der Waals surface area contributed by atoms with E-state index >= 15 is 0 Å². The van der Waals surface area contributed by atoms with Gasteiger partial charge in [0.25, 0.3) is 11.5 Å². The number of H-pyrrole nitrogens is 1. The van der Waals surface area contributed by atoms with Crippen LogP contribution >= 0.6 is 0 Å². The van der Waals surface area contributed by atoms with Crippen LogP contribution in [0.25, 0.3) is 0 Å². The van der Waals surface area contributed by atoms with Crippen molar-refractivity contribution in [2.45, 2.75) is 52.6 Å². The fourth-order valence-corrected chi connectivity index (χ4v) is 3.94. The minimum atomic E-state index is -0.893. The molecule has 0 spiro atoms. The van der Waals surface area contributed by atoms with Crippen molar-refractivity contribution in [3.8, 4) is 6.07 Å². The number of aromatic nitrogens is 1. The molecule has 1 atom stereocenters. The van der Waals surface area contributed by atoms with E-state index in [-0.39, 0.29) is 17.9 Å². The zero-order chi connectivity index (χ0) is 21.8. The normalized spacial score (nSPS) is 13.9. The molecular formula is C23H25N3O4. The molecule has 1 aliphatic heterocycles. The number of rotatable bonds is 5. The van der Waals surface area contributed by atoms with Crippen molar-refractivity contribution in [1.82, 2.24) is 4.98 Å². The number of benzene rings is 1. The number of hydrogen-bond donors (Lipinski definition) is 1. The van der Waals surface area contributed by atoms with Gasteiger partial charge in [-0.2, -0.15) is 5.26 Å². The highest BCUT2D eigenvalue weighted by molar-refractivity contribution is 5.98. The van der Waals surface area contributed by atoms with E-state index in [1.807, 2.05) is 30.3 Å². The van der Waals surface area contributed by atoms with Crippen LogP contribution in [0, 0.1) is 25.2 Å². The van der Waals surface area contributed by atoms with Crippen molar-refractivity contribution < 1.29 is 14.3 Å². The maximum atomic E-state index is 12.9. The number of nitrogens with zero attached hydrogens (tertiary/aromatic N) is 2. The van der Waals surface area contributed by atoms with Gasteiger partial charge in [-0.3, -0.25) is 14.4 Å². The second kappa shape index (κ2) is 8.95. The summed E-state index contributed by atoms with van der Waals surface area (Å²) in [4.78, 5) is 41.4. The number of aryl methyl sites for hydroxylation is 2. The van der Waals surface area contributed by atoms with Crippen LogP contribution in [0.15, 0.2) is 29.1 Å². The molecule has 0 saturated heterocycles. The van der Waals surface area contributed by atoms with Crippen molar-refractivity contribution in [3.05, 3.63) is 62.6 Å². The lowest BCUT2D eigenvalue weighted by atomic mass is 9.99. The standard InChI is InChI=1S/C23H25N3O4/c1-14-18(15(2)25-22(28)19(14)13-24)10-11-21(27)30-16(3)23(29)26-12-6-8-17-7-4-5-9-20(17)26/h4-5,7,9,16H,6,8,10-12H2,1-3H3,(H,25,28)/t16-/m0/s1. The van der Waals surface area contributed by atoms with Gasteiger partial charge in [-0.05, 0) is 62.8 Å². The Bertz CT molecular complexity index is 1080. The molecule has 0 unspecified atom stereocenters. The third-order valence-electron chi connectivity index (χ3n) is 5.53. The summed E-state index contributed by atoms with van der Waals surface area (Å²) in [6.07, 6.45) is 1.27. The molecule has 0 aliphatic carbocycles. The van der Waals surface area contributed by atoms with Crippen LogP contribution in [0.4, 0.5) is 5.69 Å². The van der Waals surface area contributed by atoms with Gasteiger partial charge in [0.05, 0.1) is 0 Å². The minimum absolute atomic E-state index is 0.0484. The number of aromatic amines is 1. The molecule has 3 rings (SSSR count). The van der Waals surface area contributed by atoms with E-state index in [4.69, 9.17) is 10.00 Å². The Kier molecular flexibility index (Phi) is 6.36.